The van der Waals surface area contributed by atoms with Gasteiger partial charge in [-0.2, -0.15) is 0 Å². The molecule has 2 aliphatic rings. The molecule has 7 N–H and O–H groups in total. The van der Waals surface area contributed by atoms with Crippen LogP contribution in [0, 0.1) is 0 Å². The Bertz CT molecular complexity index is 1400. The van der Waals surface area contributed by atoms with Crippen molar-refractivity contribution >= 4 is 5.97 Å². The Morgan fingerprint density at radius 2 is 0.747 bits per heavy atom. The van der Waals surface area contributed by atoms with Crippen molar-refractivity contribution in [1.82, 2.24) is 0 Å². The Kier molecular flexibility index (Phi) is 48.5. The molecule has 2 rings (SSSR count). The number of allylic oxidation sites excluding steroid dienone is 4. The van der Waals surface area contributed by atoms with Crippen molar-refractivity contribution in [3.05, 3.63) is 24.3 Å². The van der Waals surface area contributed by atoms with Crippen LogP contribution >= 0.6 is 0 Å². The summed E-state index contributed by atoms with van der Waals surface area (Å²) in [5.74, 6) is -0.373. The number of hydrogen-bond acceptors (Lipinski definition) is 14. The van der Waals surface area contributed by atoms with Crippen molar-refractivity contribution in [2.24, 2.45) is 0 Å². The van der Waals surface area contributed by atoms with Gasteiger partial charge in [0.1, 0.15) is 54.9 Å². The molecule has 79 heavy (non-hydrogen) atoms. The number of carbonyl (C=O) groups excluding carboxylic acids is 1. The first-order valence-electron chi connectivity index (χ1n) is 32.9. The van der Waals surface area contributed by atoms with Gasteiger partial charge in [0.05, 0.1) is 26.4 Å². The Morgan fingerprint density at radius 1 is 0.405 bits per heavy atom. The third-order valence-corrected chi connectivity index (χ3v) is 15.9. The van der Waals surface area contributed by atoms with Crippen LogP contribution < -0.4 is 0 Å². The third kappa shape index (κ3) is 38.1. The molecule has 14 heteroatoms. The summed E-state index contributed by atoms with van der Waals surface area (Å²) in [6.07, 6.45) is 45.3. The average Bonchev–Trinajstić information content (AvgIpc) is 3.46. The summed E-state index contributed by atoms with van der Waals surface area (Å²) in [6, 6.07) is 0. The second-order valence-electron chi connectivity index (χ2n) is 23.3. The van der Waals surface area contributed by atoms with Gasteiger partial charge in [-0.15, -0.1) is 0 Å². The molecular weight excluding hydrogens is 1000 g/mol. The lowest BCUT2D eigenvalue weighted by Gasteiger charge is -2.42. The van der Waals surface area contributed by atoms with Gasteiger partial charge in [0.25, 0.3) is 0 Å². The minimum Gasteiger partial charge on any atom is -0.457 e. The zero-order valence-electron chi connectivity index (χ0n) is 50.4. The van der Waals surface area contributed by atoms with E-state index in [2.05, 4.69) is 38.2 Å². The second-order valence-corrected chi connectivity index (χ2v) is 23.3. The number of rotatable bonds is 55. The molecule has 2 saturated heterocycles. The molecule has 2 heterocycles. The van der Waals surface area contributed by atoms with Crippen molar-refractivity contribution in [2.45, 2.75) is 351 Å². The molecule has 14 nitrogen and oxygen atoms in total. The van der Waals surface area contributed by atoms with E-state index in [1.54, 1.807) is 0 Å². The topological polar surface area (TPSA) is 214 Å². The van der Waals surface area contributed by atoms with E-state index < -0.39 is 80.7 Å². The zero-order chi connectivity index (χ0) is 57.2. The van der Waals surface area contributed by atoms with Gasteiger partial charge in [-0.25, -0.2) is 0 Å². The predicted octanol–water partition coefficient (Wildman–Crippen LogP) is 13.1. The summed E-state index contributed by atoms with van der Waals surface area (Å²) in [4.78, 5) is 13.1. The number of esters is 1. The molecule has 0 saturated carbocycles. The van der Waals surface area contributed by atoms with Gasteiger partial charge in [-0.1, -0.05) is 237 Å². The SMILES string of the molecule is CCCCCCCC/C=C\CCCCCCCCCCCC(=O)OC(COCCCCCCCCCCCCCCCC/C=C\CCCCCCCCCC)COC1OC(COC2OC(CO)C(O)C(O)C2O)C(O)C(O)C1O. The number of carbonyl (C=O) groups is 1. The van der Waals surface area contributed by atoms with Gasteiger partial charge in [0.2, 0.25) is 0 Å². The number of hydrogen-bond donors (Lipinski definition) is 7. The normalized spacial score (nSPS) is 24.1. The van der Waals surface area contributed by atoms with Crippen molar-refractivity contribution in [3.63, 3.8) is 0 Å². The molecule has 2 fully saturated rings. The molecule has 0 radical (unpaired) electrons. The van der Waals surface area contributed by atoms with Gasteiger partial charge in [0.15, 0.2) is 12.6 Å². The van der Waals surface area contributed by atoms with Crippen LogP contribution in [0.5, 0.6) is 0 Å². The van der Waals surface area contributed by atoms with Crippen LogP contribution in [0.1, 0.15) is 284 Å². The highest BCUT2D eigenvalue weighted by Crippen LogP contribution is 2.27. The summed E-state index contributed by atoms with van der Waals surface area (Å²) in [5.41, 5.74) is 0. The van der Waals surface area contributed by atoms with E-state index in [-0.39, 0.29) is 25.6 Å². The zero-order valence-corrected chi connectivity index (χ0v) is 50.4. The van der Waals surface area contributed by atoms with E-state index in [1.165, 1.54) is 218 Å². The van der Waals surface area contributed by atoms with E-state index in [9.17, 15) is 40.5 Å². The molecule has 11 atom stereocenters. The highest BCUT2D eigenvalue weighted by molar-refractivity contribution is 5.69. The highest BCUT2D eigenvalue weighted by atomic mass is 16.7. The fraction of sp³-hybridized carbons (Fsp3) is 0.923. The lowest BCUT2D eigenvalue weighted by molar-refractivity contribution is -0.332. The van der Waals surface area contributed by atoms with E-state index in [1.807, 2.05) is 0 Å². The Morgan fingerprint density at radius 3 is 1.15 bits per heavy atom. The third-order valence-electron chi connectivity index (χ3n) is 15.9. The van der Waals surface area contributed by atoms with Gasteiger partial charge in [0, 0.05) is 13.0 Å². The largest absolute Gasteiger partial charge is 0.457 e. The van der Waals surface area contributed by atoms with E-state index in [0.717, 1.165) is 38.5 Å². The molecular formula is C65H122O14. The Labute approximate surface area is 481 Å². The monoisotopic (exact) mass is 1130 g/mol. The van der Waals surface area contributed by atoms with Gasteiger partial charge in [-0.3, -0.25) is 4.79 Å². The fourth-order valence-electron chi connectivity index (χ4n) is 10.6. The van der Waals surface area contributed by atoms with E-state index >= 15 is 0 Å². The first kappa shape index (κ1) is 73.6. The summed E-state index contributed by atoms with van der Waals surface area (Å²) in [6.45, 7) is 3.74. The first-order valence-corrected chi connectivity index (χ1v) is 32.9. The average molecular weight is 1130 g/mol. The van der Waals surface area contributed by atoms with Crippen molar-refractivity contribution in [1.29, 1.82) is 0 Å². The summed E-state index contributed by atoms with van der Waals surface area (Å²) in [7, 11) is 0. The van der Waals surface area contributed by atoms with Crippen LogP contribution in [0.25, 0.3) is 0 Å². The predicted molar refractivity (Wildman–Crippen MR) is 317 cm³/mol. The van der Waals surface area contributed by atoms with Crippen molar-refractivity contribution in [2.75, 3.05) is 33.0 Å². The maximum absolute atomic E-state index is 13.1. The molecule has 0 bridgehead atoms. The van der Waals surface area contributed by atoms with Crippen LogP contribution in [-0.2, 0) is 33.2 Å². The molecule has 0 aliphatic carbocycles. The number of unbranched alkanes of at least 4 members (excludes halogenated alkanes) is 37. The molecule has 0 spiro atoms. The fourth-order valence-corrected chi connectivity index (χ4v) is 10.6. The second kappa shape index (κ2) is 52.1. The molecule has 0 aromatic heterocycles. The Balaban J connectivity index is 1.65. The molecule has 2 aliphatic heterocycles. The smallest absolute Gasteiger partial charge is 0.306 e. The summed E-state index contributed by atoms with van der Waals surface area (Å²) >= 11 is 0. The summed E-state index contributed by atoms with van der Waals surface area (Å²) in [5, 5.41) is 72.5. The molecule has 466 valence electrons. The van der Waals surface area contributed by atoms with Crippen LogP contribution in [-0.4, -0.2) is 142 Å². The van der Waals surface area contributed by atoms with Crippen LogP contribution in [0.3, 0.4) is 0 Å². The van der Waals surface area contributed by atoms with Crippen LogP contribution in [0.15, 0.2) is 24.3 Å². The van der Waals surface area contributed by atoms with Crippen molar-refractivity contribution < 1.29 is 69.0 Å². The van der Waals surface area contributed by atoms with E-state index in [0.29, 0.717) is 13.0 Å². The van der Waals surface area contributed by atoms with Crippen molar-refractivity contribution in [3.8, 4) is 0 Å². The molecule has 11 unspecified atom stereocenters. The maximum atomic E-state index is 13.1. The standard InChI is InChI=1S/C65H122O14/c1-3-5-7-9-11-13-15-17-19-21-23-24-25-26-27-28-29-31-33-35-37-39-41-43-45-47-49-74-51-54(77-57(67)48-46-44-42-40-38-36-34-32-30-22-20-18-16-14-12-10-8-6-4-2)52-75-64-63(73)61(71)59(69)56(79-64)53-76-65-62(72)60(70)58(68)55(50-66)78-65/h18,20-21,23,54-56,58-66,68-73H,3-17,19,22,24-53H2,1-2H3/b20-18-,23-21-. The molecule has 0 amide bonds. The van der Waals surface area contributed by atoms with Gasteiger partial charge in [-0.05, 0) is 64.2 Å². The quantitative estimate of drug-likeness (QED) is 0.0172. The number of aliphatic hydroxyl groups excluding tert-OH is 7. The minimum atomic E-state index is -1.71. The molecule has 0 aromatic carbocycles. The summed E-state index contributed by atoms with van der Waals surface area (Å²) < 4.78 is 34.5. The Hall–Kier alpha value is -1.53. The van der Waals surface area contributed by atoms with E-state index in [4.69, 9.17) is 28.4 Å². The van der Waals surface area contributed by atoms with Gasteiger partial charge >= 0.3 is 5.97 Å². The van der Waals surface area contributed by atoms with Crippen LogP contribution in [0.2, 0.25) is 0 Å². The lowest BCUT2D eigenvalue weighted by Crippen LogP contribution is -2.61. The van der Waals surface area contributed by atoms with Gasteiger partial charge < -0.3 is 64.2 Å². The highest BCUT2D eigenvalue weighted by Gasteiger charge is 2.47. The molecule has 0 aromatic rings. The maximum Gasteiger partial charge on any atom is 0.306 e. The first-order chi connectivity index (χ1) is 38.6. The number of aliphatic hydroxyl groups is 7. The minimum absolute atomic E-state index is 0.0651. The lowest BCUT2D eigenvalue weighted by atomic mass is 9.98. The van der Waals surface area contributed by atoms with Crippen LogP contribution in [0.4, 0.5) is 0 Å². The number of ether oxygens (including phenoxy) is 6.